The normalized spacial score (nSPS) is 15.7. The quantitative estimate of drug-likeness (QED) is 0.645. The Labute approximate surface area is 168 Å². The van der Waals surface area contributed by atoms with Crippen LogP contribution in [-0.4, -0.2) is 58.9 Å². The molecule has 0 atom stereocenters. The topological polar surface area (TPSA) is 84.2 Å². The third-order valence-electron chi connectivity index (χ3n) is 4.61. The minimum atomic E-state index is -3.61. The summed E-state index contributed by atoms with van der Waals surface area (Å²) in [7, 11) is -3.61. The summed E-state index contributed by atoms with van der Waals surface area (Å²) in [5, 5.41) is 13.0. The Morgan fingerprint density at radius 3 is 2.21 bits per heavy atom. The molecular formula is C18H19ClN6O2S. The van der Waals surface area contributed by atoms with Crippen LogP contribution in [0.3, 0.4) is 0 Å². The monoisotopic (exact) mass is 418 g/mol. The number of rotatable bonds is 4. The molecule has 0 spiro atoms. The molecule has 28 heavy (non-hydrogen) atoms. The SMILES string of the molecule is Cc1ccn(-c2ccc(N3CCN(S(=O)(=O)c4ccccc4Cl)CC3)nn2)n1. The van der Waals surface area contributed by atoms with Crippen LogP contribution in [0.2, 0.25) is 5.02 Å². The van der Waals surface area contributed by atoms with Gasteiger partial charge in [0.05, 0.1) is 10.7 Å². The predicted molar refractivity (Wildman–Crippen MR) is 106 cm³/mol. The fraction of sp³-hybridized carbons (Fsp3) is 0.278. The highest BCUT2D eigenvalue weighted by Crippen LogP contribution is 2.25. The van der Waals surface area contributed by atoms with Gasteiger partial charge in [0.1, 0.15) is 4.90 Å². The molecule has 10 heteroatoms. The average Bonchev–Trinajstić information content (AvgIpc) is 3.15. The number of anilines is 1. The number of benzene rings is 1. The van der Waals surface area contributed by atoms with E-state index >= 15 is 0 Å². The largest absolute Gasteiger partial charge is 0.352 e. The van der Waals surface area contributed by atoms with E-state index in [1.807, 2.05) is 36.2 Å². The first-order valence-corrected chi connectivity index (χ1v) is 10.6. The van der Waals surface area contributed by atoms with Crippen LogP contribution in [0.25, 0.3) is 5.82 Å². The Morgan fingerprint density at radius 1 is 0.929 bits per heavy atom. The van der Waals surface area contributed by atoms with Crippen LogP contribution >= 0.6 is 11.6 Å². The molecule has 1 saturated heterocycles. The second-order valence-electron chi connectivity index (χ2n) is 6.47. The van der Waals surface area contributed by atoms with Gasteiger partial charge >= 0.3 is 0 Å². The average molecular weight is 419 g/mol. The third kappa shape index (κ3) is 3.60. The number of aromatic nitrogens is 4. The van der Waals surface area contributed by atoms with Crippen molar-refractivity contribution in [3.63, 3.8) is 0 Å². The summed E-state index contributed by atoms with van der Waals surface area (Å²) in [4.78, 5) is 2.16. The Hall–Kier alpha value is -2.49. The minimum absolute atomic E-state index is 0.142. The van der Waals surface area contributed by atoms with E-state index in [2.05, 4.69) is 15.3 Å². The second-order valence-corrected chi connectivity index (χ2v) is 8.79. The van der Waals surface area contributed by atoms with Crippen molar-refractivity contribution >= 4 is 27.4 Å². The fourth-order valence-electron chi connectivity index (χ4n) is 3.10. The smallest absolute Gasteiger partial charge is 0.244 e. The van der Waals surface area contributed by atoms with Crippen molar-refractivity contribution in [3.8, 4) is 5.82 Å². The van der Waals surface area contributed by atoms with E-state index in [0.717, 1.165) is 5.69 Å². The lowest BCUT2D eigenvalue weighted by atomic mass is 10.3. The number of hydrogen-bond acceptors (Lipinski definition) is 6. The van der Waals surface area contributed by atoms with Crippen molar-refractivity contribution in [1.82, 2.24) is 24.3 Å². The highest BCUT2D eigenvalue weighted by Gasteiger charge is 2.30. The molecule has 3 aromatic rings. The van der Waals surface area contributed by atoms with E-state index in [1.54, 1.807) is 22.9 Å². The standard InChI is InChI=1S/C18H19ClN6O2S/c1-14-8-9-25(22-14)18-7-6-17(20-21-18)23-10-12-24(13-11-23)28(26,27)16-5-3-2-4-15(16)19/h2-9H,10-13H2,1H3. The molecular weight excluding hydrogens is 400 g/mol. The molecule has 0 unspecified atom stereocenters. The van der Waals surface area contributed by atoms with Crippen LogP contribution in [0.4, 0.5) is 5.82 Å². The zero-order chi connectivity index (χ0) is 19.7. The van der Waals surface area contributed by atoms with Crippen LogP contribution in [0, 0.1) is 6.92 Å². The molecule has 0 aliphatic carbocycles. The van der Waals surface area contributed by atoms with Gasteiger partial charge in [-0.2, -0.15) is 9.40 Å². The zero-order valence-electron chi connectivity index (χ0n) is 15.2. The minimum Gasteiger partial charge on any atom is -0.352 e. The maximum absolute atomic E-state index is 12.8. The molecule has 0 amide bonds. The molecule has 0 N–H and O–H groups in total. The van der Waals surface area contributed by atoms with E-state index in [0.29, 0.717) is 37.8 Å². The maximum atomic E-state index is 12.8. The van der Waals surface area contributed by atoms with Gasteiger partial charge in [0.2, 0.25) is 10.0 Å². The summed E-state index contributed by atoms with van der Waals surface area (Å²) in [5.74, 6) is 1.35. The summed E-state index contributed by atoms with van der Waals surface area (Å²) in [6, 6.07) is 12.1. The Bertz CT molecular complexity index is 1080. The van der Waals surface area contributed by atoms with Crippen LogP contribution in [0.15, 0.2) is 53.6 Å². The molecule has 3 heterocycles. The lowest BCUT2D eigenvalue weighted by Gasteiger charge is -2.34. The molecule has 2 aromatic heterocycles. The van der Waals surface area contributed by atoms with Gasteiger partial charge in [0.15, 0.2) is 11.6 Å². The number of piperazine rings is 1. The zero-order valence-corrected chi connectivity index (χ0v) is 16.8. The number of sulfonamides is 1. The maximum Gasteiger partial charge on any atom is 0.244 e. The van der Waals surface area contributed by atoms with Gasteiger partial charge in [-0.3, -0.25) is 0 Å². The van der Waals surface area contributed by atoms with E-state index in [1.165, 1.54) is 10.4 Å². The summed E-state index contributed by atoms with van der Waals surface area (Å²) >= 11 is 6.08. The van der Waals surface area contributed by atoms with Crippen LogP contribution < -0.4 is 4.90 Å². The van der Waals surface area contributed by atoms with Gasteiger partial charge in [-0.15, -0.1) is 10.2 Å². The lowest BCUT2D eigenvalue weighted by Crippen LogP contribution is -2.49. The van der Waals surface area contributed by atoms with Crippen molar-refractivity contribution in [2.45, 2.75) is 11.8 Å². The molecule has 1 aliphatic rings. The molecule has 146 valence electrons. The summed E-state index contributed by atoms with van der Waals surface area (Å²) in [5.41, 5.74) is 0.904. The van der Waals surface area contributed by atoms with Crippen LogP contribution in [-0.2, 0) is 10.0 Å². The molecule has 0 radical (unpaired) electrons. The van der Waals surface area contributed by atoms with Gasteiger partial charge in [-0.25, -0.2) is 13.1 Å². The highest BCUT2D eigenvalue weighted by atomic mass is 35.5. The number of hydrogen-bond donors (Lipinski definition) is 0. The molecule has 0 saturated carbocycles. The fourth-order valence-corrected chi connectivity index (χ4v) is 5.02. The van der Waals surface area contributed by atoms with Crippen molar-refractivity contribution in [1.29, 1.82) is 0 Å². The number of nitrogens with zero attached hydrogens (tertiary/aromatic N) is 6. The first kappa shape index (κ1) is 18.9. The Kier molecular flexibility index (Phi) is 5.05. The lowest BCUT2D eigenvalue weighted by molar-refractivity contribution is 0.383. The summed E-state index contributed by atoms with van der Waals surface area (Å²) in [6.07, 6.45) is 1.83. The van der Waals surface area contributed by atoms with E-state index < -0.39 is 10.0 Å². The van der Waals surface area contributed by atoms with Crippen LogP contribution in [0.5, 0.6) is 0 Å². The highest BCUT2D eigenvalue weighted by molar-refractivity contribution is 7.89. The summed E-state index contributed by atoms with van der Waals surface area (Å²) in [6.45, 7) is 3.68. The van der Waals surface area contributed by atoms with Gasteiger partial charge in [-0.1, -0.05) is 23.7 Å². The molecule has 0 bridgehead atoms. The Balaban J connectivity index is 1.45. The van der Waals surface area contributed by atoms with E-state index in [4.69, 9.17) is 11.6 Å². The van der Waals surface area contributed by atoms with Gasteiger partial charge in [0, 0.05) is 32.4 Å². The van der Waals surface area contributed by atoms with Crippen LogP contribution in [0.1, 0.15) is 5.69 Å². The molecule has 4 rings (SSSR count). The van der Waals surface area contributed by atoms with Gasteiger partial charge in [0.25, 0.3) is 0 Å². The summed E-state index contributed by atoms with van der Waals surface area (Å²) < 4.78 is 28.8. The number of aryl methyl sites for hydroxylation is 1. The molecule has 1 aliphatic heterocycles. The van der Waals surface area contributed by atoms with E-state index in [9.17, 15) is 8.42 Å². The second kappa shape index (κ2) is 7.50. The molecule has 1 aromatic carbocycles. The first-order chi connectivity index (χ1) is 13.4. The number of halogens is 1. The van der Waals surface area contributed by atoms with E-state index in [-0.39, 0.29) is 9.92 Å². The van der Waals surface area contributed by atoms with Crippen molar-refractivity contribution < 1.29 is 8.42 Å². The first-order valence-electron chi connectivity index (χ1n) is 8.81. The van der Waals surface area contributed by atoms with Crippen molar-refractivity contribution in [2.75, 3.05) is 31.1 Å². The molecule has 8 nitrogen and oxygen atoms in total. The molecule has 1 fully saturated rings. The Morgan fingerprint density at radius 2 is 1.61 bits per heavy atom. The van der Waals surface area contributed by atoms with Gasteiger partial charge < -0.3 is 4.90 Å². The van der Waals surface area contributed by atoms with Crippen molar-refractivity contribution in [2.24, 2.45) is 0 Å². The predicted octanol–water partition coefficient (Wildman–Crippen LogP) is 2.14. The van der Waals surface area contributed by atoms with Gasteiger partial charge in [-0.05, 0) is 37.3 Å². The van der Waals surface area contributed by atoms with Crippen molar-refractivity contribution in [3.05, 3.63) is 59.4 Å². The third-order valence-corrected chi connectivity index (χ3v) is 7.01.